The molecule has 4 rings (SSSR count). The highest BCUT2D eigenvalue weighted by Crippen LogP contribution is 2.49. The lowest BCUT2D eigenvalue weighted by Crippen LogP contribution is -2.63. The molecule has 8 atom stereocenters. The molecule has 3 aliphatic heterocycles. The highest BCUT2D eigenvalue weighted by molar-refractivity contribution is 6.35. The van der Waals surface area contributed by atoms with Crippen molar-refractivity contribution in [3.8, 4) is 5.75 Å². The molecule has 3 amide bonds. The number of rotatable bonds is 8. The minimum absolute atomic E-state index is 0.0854. The number of benzene rings is 1. The number of alkyl carbamates (subject to hydrolysis) is 1. The van der Waals surface area contributed by atoms with Crippen LogP contribution in [0.2, 0.25) is 5.02 Å². The summed E-state index contributed by atoms with van der Waals surface area (Å²) in [5, 5.41) is 23.4. The van der Waals surface area contributed by atoms with Gasteiger partial charge < -0.3 is 43.7 Å². The summed E-state index contributed by atoms with van der Waals surface area (Å²) in [6, 6.07) is 2.38. The van der Waals surface area contributed by atoms with Gasteiger partial charge in [-0.25, -0.2) is 9.59 Å². The van der Waals surface area contributed by atoms with Crippen LogP contribution in [0.25, 0.3) is 0 Å². The van der Waals surface area contributed by atoms with E-state index in [1.54, 1.807) is 38.1 Å². The Balaban J connectivity index is 1.75. The number of esters is 1. The molecule has 4 bridgehead atoms. The average molecular weight is 750 g/mol. The molecule has 3 aliphatic rings. The molecule has 16 heteroatoms. The summed E-state index contributed by atoms with van der Waals surface area (Å²) in [4.78, 5) is 66.5. The van der Waals surface area contributed by atoms with E-state index in [4.69, 9.17) is 40.4 Å². The molecule has 0 radical (unpaired) electrons. The molecule has 0 saturated carbocycles. The van der Waals surface area contributed by atoms with Crippen LogP contribution in [0.15, 0.2) is 35.9 Å². The molecule has 0 aliphatic carbocycles. The van der Waals surface area contributed by atoms with Gasteiger partial charge in [0, 0.05) is 40.0 Å². The number of nitrogens with one attached hydrogen (secondary N) is 1. The third-order valence-electron chi connectivity index (χ3n) is 10.1. The molecule has 286 valence electrons. The number of likely N-dealkylation sites (N-methyl/N-ethyl adjacent to an activating group) is 1. The number of aliphatic hydroxyl groups is 1. The molecule has 3 heterocycles. The topological polar surface area (TPSA) is 194 Å². The zero-order chi connectivity index (χ0) is 38.7. The van der Waals surface area contributed by atoms with Gasteiger partial charge in [0.15, 0.2) is 5.72 Å². The van der Waals surface area contributed by atoms with Gasteiger partial charge in [-0.15, -0.1) is 0 Å². The van der Waals surface area contributed by atoms with E-state index < -0.39 is 84.0 Å². The Morgan fingerprint density at radius 2 is 1.90 bits per heavy atom. The van der Waals surface area contributed by atoms with Crippen LogP contribution in [0, 0.1) is 5.92 Å². The Morgan fingerprint density at radius 1 is 1.21 bits per heavy atom. The SMILES string of the molecule is COc1cc2cc(c1Cl)N(C)C(=O)C[C@H](OC(=O)[C@H](C)N(C)C(=O)CCC(=O)O)[C@]1(C)OC1[C@H](C)[C@@H]1C[C@@](O)(NC(=O)O1)[C@H](OC)/C=C/C=C(\C)C2. The van der Waals surface area contributed by atoms with Crippen LogP contribution < -0.4 is 15.0 Å². The smallest absolute Gasteiger partial charge is 0.409 e. The van der Waals surface area contributed by atoms with Crippen molar-refractivity contribution in [1.29, 1.82) is 0 Å². The second kappa shape index (κ2) is 16.2. The second-order valence-electron chi connectivity index (χ2n) is 13.8. The van der Waals surface area contributed by atoms with Gasteiger partial charge >= 0.3 is 18.0 Å². The van der Waals surface area contributed by atoms with Crippen LogP contribution in [-0.2, 0) is 44.5 Å². The van der Waals surface area contributed by atoms with Crippen LogP contribution in [0.4, 0.5) is 10.5 Å². The maximum atomic E-state index is 14.1. The lowest BCUT2D eigenvalue weighted by atomic mass is 9.83. The zero-order valence-corrected chi connectivity index (χ0v) is 31.4. The molecule has 1 aromatic carbocycles. The van der Waals surface area contributed by atoms with Crippen molar-refractivity contribution >= 4 is 47.1 Å². The van der Waals surface area contributed by atoms with E-state index in [1.807, 2.05) is 13.0 Å². The monoisotopic (exact) mass is 749 g/mol. The van der Waals surface area contributed by atoms with Gasteiger partial charge in [-0.3, -0.25) is 19.7 Å². The molecular weight excluding hydrogens is 702 g/mol. The minimum Gasteiger partial charge on any atom is -0.495 e. The van der Waals surface area contributed by atoms with Crippen LogP contribution in [-0.4, -0.2) is 115 Å². The third-order valence-corrected chi connectivity index (χ3v) is 10.5. The fourth-order valence-electron chi connectivity index (χ4n) is 6.61. The fraction of sp³-hybridized carbons (Fsp3) is 0.583. The van der Waals surface area contributed by atoms with Gasteiger partial charge in [0.1, 0.15) is 40.7 Å². The minimum atomic E-state index is -1.86. The van der Waals surface area contributed by atoms with Gasteiger partial charge in [0.05, 0.1) is 31.7 Å². The summed E-state index contributed by atoms with van der Waals surface area (Å²) < 4.78 is 28.9. The number of ether oxygens (including phenoxy) is 5. The fourth-order valence-corrected chi connectivity index (χ4v) is 6.92. The lowest BCUT2D eigenvalue weighted by Gasteiger charge is -2.42. The number of carboxylic acid groups (broad SMARTS) is 1. The van der Waals surface area contributed by atoms with E-state index in [1.165, 1.54) is 40.1 Å². The summed E-state index contributed by atoms with van der Waals surface area (Å²) in [6.07, 6.45) is -0.225. The Labute approximate surface area is 307 Å². The first-order valence-electron chi connectivity index (χ1n) is 16.9. The van der Waals surface area contributed by atoms with E-state index in [-0.39, 0.29) is 24.3 Å². The Hall–Kier alpha value is -4.18. The first kappa shape index (κ1) is 40.6. The van der Waals surface area contributed by atoms with E-state index in [0.29, 0.717) is 17.9 Å². The quantitative estimate of drug-likeness (QED) is 0.260. The summed E-state index contributed by atoms with van der Waals surface area (Å²) in [7, 11) is 5.76. The Bertz CT molecular complexity index is 1630. The van der Waals surface area contributed by atoms with Gasteiger partial charge in [0.25, 0.3) is 0 Å². The second-order valence-corrected chi connectivity index (χ2v) is 14.2. The number of aliphatic carboxylic acids is 1. The molecule has 15 nitrogen and oxygen atoms in total. The number of carbonyl (C=O) groups excluding carboxylic acids is 4. The number of anilines is 1. The molecule has 1 unspecified atom stereocenters. The number of allylic oxidation sites excluding steroid dienone is 3. The van der Waals surface area contributed by atoms with Crippen molar-refractivity contribution in [3.63, 3.8) is 0 Å². The van der Waals surface area contributed by atoms with Crippen molar-refractivity contribution in [3.05, 3.63) is 46.5 Å². The first-order chi connectivity index (χ1) is 24.3. The van der Waals surface area contributed by atoms with Gasteiger partial charge in [-0.05, 0) is 44.9 Å². The van der Waals surface area contributed by atoms with Crippen LogP contribution in [0.3, 0.4) is 0 Å². The average Bonchev–Trinajstić information content (AvgIpc) is 3.79. The van der Waals surface area contributed by atoms with Gasteiger partial charge in [-0.2, -0.15) is 0 Å². The summed E-state index contributed by atoms with van der Waals surface area (Å²) in [6.45, 7) is 6.75. The van der Waals surface area contributed by atoms with E-state index in [0.717, 1.165) is 16.0 Å². The zero-order valence-electron chi connectivity index (χ0n) is 30.6. The van der Waals surface area contributed by atoms with Crippen LogP contribution in [0.1, 0.15) is 58.9 Å². The summed E-state index contributed by atoms with van der Waals surface area (Å²) in [5.74, 6) is -3.31. The number of hydrogen-bond acceptors (Lipinski definition) is 11. The predicted molar refractivity (Wildman–Crippen MR) is 188 cm³/mol. The van der Waals surface area contributed by atoms with Crippen molar-refractivity contribution in [2.45, 2.75) is 102 Å². The number of carbonyl (C=O) groups is 5. The Morgan fingerprint density at radius 3 is 2.54 bits per heavy atom. The number of fused-ring (bicyclic) bond motifs is 5. The largest absolute Gasteiger partial charge is 0.495 e. The van der Waals surface area contributed by atoms with Crippen LogP contribution in [0.5, 0.6) is 5.75 Å². The van der Waals surface area contributed by atoms with E-state index >= 15 is 0 Å². The molecule has 2 fully saturated rings. The standard InChI is InChI=1S/C36H48ClN3O12/c1-19-10-9-11-26(49-8)36(47)18-25(50-34(46)38-36)20(2)32-35(4,52-32)27(51-33(45)21(3)39(5)28(41)12-13-30(43)44)17-29(42)40(6)23-15-22(14-19)16-24(48-7)31(23)37/h9-11,15-16,20-21,25-27,32,47H,12-14,17-18H2,1-8H3,(H,38,46)(H,43,44)/b11-9+,19-10+/t20-,21+,25+,26-,27+,32?,35+,36+/m1/s1. The van der Waals surface area contributed by atoms with Crippen molar-refractivity contribution in [1.82, 2.24) is 10.2 Å². The van der Waals surface area contributed by atoms with Gasteiger partial charge in [-0.1, -0.05) is 42.3 Å². The van der Waals surface area contributed by atoms with Crippen molar-refractivity contribution < 1.29 is 57.9 Å². The molecule has 0 aromatic heterocycles. The normalized spacial score (nSPS) is 31.5. The molecule has 3 N–H and O–H groups in total. The van der Waals surface area contributed by atoms with E-state index in [2.05, 4.69) is 5.32 Å². The molecule has 0 spiro atoms. The summed E-state index contributed by atoms with van der Waals surface area (Å²) >= 11 is 6.72. The number of halogens is 1. The lowest BCUT2D eigenvalue weighted by molar-refractivity contribution is -0.162. The number of carboxylic acids is 1. The maximum Gasteiger partial charge on any atom is 0.409 e. The molecule has 2 saturated heterocycles. The molecular formula is C36H48ClN3O12. The van der Waals surface area contributed by atoms with Crippen molar-refractivity contribution in [2.75, 3.05) is 33.2 Å². The molecule has 1 aromatic rings. The number of hydrogen-bond donors (Lipinski definition) is 3. The summed E-state index contributed by atoms with van der Waals surface area (Å²) in [5.41, 5.74) is -1.10. The Kier molecular flexibility index (Phi) is 12.7. The first-order valence-corrected chi connectivity index (χ1v) is 17.3. The van der Waals surface area contributed by atoms with Crippen LogP contribution >= 0.6 is 11.6 Å². The van der Waals surface area contributed by atoms with Crippen molar-refractivity contribution in [2.24, 2.45) is 5.92 Å². The number of nitrogens with zero attached hydrogens (tertiary/aromatic N) is 2. The van der Waals surface area contributed by atoms with Gasteiger partial charge in [0.2, 0.25) is 11.8 Å². The number of amides is 3. The highest BCUT2D eigenvalue weighted by atomic mass is 35.5. The third kappa shape index (κ3) is 8.88. The number of methoxy groups -OCH3 is 2. The predicted octanol–water partition coefficient (Wildman–Crippen LogP) is 3.38. The number of epoxide rings is 1. The molecule has 52 heavy (non-hydrogen) atoms. The van der Waals surface area contributed by atoms with E-state index in [9.17, 15) is 29.1 Å². The maximum absolute atomic E-state index is 14.1. The highest BCUT2D eigenvalue weighted by Gasteiger charge is 2.64.